The van der Waals surface area contributed by atoms with E-state index in [1.54, 1.807) is 12.1 Å². The first kappa shape index (κ1) is 12.9. The van der Waals surface area contributed by atoms with Crippen LogP contribution in [-0.2, 0) is 0 Å². The van der Waals surface area contributed by atoms with E-state index >= 15 is 0 Å². The predicted molar refractivity (Wildman–Crippen MR) is 70.5 cm³/mol. The Morgan fingerprint density at radius 2 is 1.94 bits per heavy atom. The van der Waals surface area contributed by atoms with E-state index in [0.717, 1.165) is 5.56 Å². The molecule has 0 spiro atoms. The number of ether oxygens (including phenoxy) is 1. The zero-order valence-corrected chi connectivity index (χ0v) is 10.6. The molecule has 2 aromatic carbocycles. The maximum absolute atomic E-state index is 13.3. The van der Waals surface area contributed by atoms with E-state index in [2.05, 4.69) is 0 Å². The Bertz CT molecular complexity index is 557. The molecule has 0 fully saturated rings. The van der Waals surface area contributed by atoms with Crippen molar-refractivity contribution in [1.82, 2.24) is 0 Å². The summed E-state index contributed by atoms with van der Waals surface area (Å²) in [6.07, 6.45) is 0. The number of para-hydroxylation sites is 1. The fourth-order valence-electron chi connectivity index (χ4n) is 1.62. The van der Waals surface area contributed by atoms with E-state index in [0.29, 0.717) is 11.5 Å². The Hall–Kier alpha value is -1.58. The van der Waals surface area contributed by atoms with Gasteiger partial charge in [-0.25, -0.2) is 4.39 Å². The molecule has 0 bridgehead atoms. The molecule has 0 heterocycles. The zero-order chi connectivity index (χ0) is 13.1. The quantitative estimate of drug-likeness (QED) is 0.898. The Labute approximate surface area is 110 Å². The number of rotatable bonds is 3. The van der Waals surface area contributed by atoms with Crippen molar-refractivity contribution in [3.05, 3.63) is 58.9 Å². The molecule has 4 heteroatoms. The fraction of sp³-hybridized carbons (Fsp3) is 0.143. The molecule has 18 heavy (non-hydrogen) atoms. The summed E-state index contributed by atoms with van der Waals surface area (Å²) < 4.78 is 18.9. The van der Waals surface area contributed by atoms with Gasteiger partial charge in [-0.3, -0.25) is 0 Å². The van der Waals surface area contributed by atoms with Gasteiger partial charge in [-0.2, -0.15) is 0 Å². The summed E-state index contributed by atoms with van der Waals surface area (Å²) in [5.74, 6) is 0.506. The average molecular weight is 266 g/mol. The van der Waals surface area contributed by atoms with E-state index < -0.39 is 5.82 Å². The van der Waals surface area contributed by atoms with Gasteiger partial charge in [0.2, 0.25) is 0 Å². The number of nitrogens with two attached hydrogens (primary N) is 1. The summed E-state index contributed by atoms with van der Waals surface area (Å²) in [6.45, 7) is 1.87. The molecule has 0 aliphatic heterocycles. The molecular formula is C14H13ClFNO. The lowest BCUT2D eigenvalue weighted by atomic mass is 10.1. The highest BCUT2D eigenvalue weighted by atomic mass is 35.5. The van der Waals surface area contributed by atoms with Crippen LogP contribution in [0.3, 0.4) is 0 Å². The fourth-order valence-corrected chi connectivity index (χ4v) is 1.73. The van der Waals surface area contributed by atoms with Crippen molar-refractivity contribution in [2.75, 3.05) is 0 Å². The van der Waals surface area contributed by atoms with E-state index in [4.69, 9.17) is 22.1 Å². The maximum atomic E-state index is 13.3. The molecule has 94 valence electrons. The first-order chi connectivity index (χ1) is 8.58. The summed E-state index contributed by atoms with van der Waals surface area (Å²) in [5, 5.41) is 0.0721. The van der Waals surface area contributed by atoms with E-state index in [9.17, 15) is 4.39 Å². The van der Waals surface area contributed by atoms with Crippen LogP contribution in [0.15, 0.2) is 42.5 Å². The Morgan fingerprint density at radius 1 is 1.22 bits per heavy atom. The summed E-state index contributed by atoms with van der Waals surface area (Å²) in [5.41, 5.74) is 6.72. The lowest BCUT2D eigenvalue weighted by molar-refractivity contribution is 0.467. The molecule has 0 saturated heterocycles. The molecule has 0 aromatic heterocycles. The van der Waals surface area contributed by atoms with Gasteiger partial charge in [-0.1, -0.05) is 29.8 Å². The van der Waals surface area contributed by atoms with Crippen LogP contribution in [-0.4, -0.2) is 0 Å². The third kappa shape index (κ3) is 2.81. The molecule has 2 rings (SSSR count). The van der Waals surface area contributed by atoms with Crippen molar-refractivity contribution >= 4 is 11.6 Å². The van der Waals surface area contributed by atoms with Crippen LogP contribution in [0.2, 0.25) is 5.02 Å². The van der Waals surface area contributed by atoms with Gasteiger partial charge in [0.25, 0.3) is 0 Å². The average Bonchev–Trinajstić information content (AvgIpc) is 2.34. The first-order valence-electron chi connectivity index (χ1n) is 5.55. The smallest absolute Gasteiger partial charge is 0.145 e. The van der Waals surface area contributed by atoms with Gasteiger partial charge >= 0.3 is 0 Å². The van der Waals surface area contributed by atoms with Crippen LogP contribution in [0.25, 0.3) is 0 Å². The number of halogens is 2. The number of benzene rings is 2. The molecule has 0 unspecified atom stereocenters. The molecule has 2 N–H and O–H groups in total. The monoisotopic (exact) mass is 265 g/mol. The van der Waals surface area contributed by atoms with Crippen LogP contribution < -0.4 is 10.5 Å². The summed E-state index contributed by atoms with van der Waals surface area (Å²) in [6, 6.07) is 11.6. The van der Waals surface area contributed by atoms with Crippen molar-refractivity contribution in [1.29, 1.82) is 0 Å². The largest absolute Gasteiger partial charge is 0.457 e. The van der Waals surface area contributed by atoms with Crippen LogP contribution in [0.4, 0.5) is 4.39 Å². The summed E-state index contributed by atoms with van der Waals surface area (Å²) in [4.78, 5) is 0. The van der Waals surface area contributed by atoms with Crippen LogP contribution in [0.1, 0.15) is 18.5 Å². The lowest BCUT2D eigenvalue weighted by Gasteiger charge is -2.13. The van der Waals surface area contributed by atoms with Crippen LogP contribution in [0, 0.1) is 5.82 Å². The van der Waals surface area contributed by atoms with Crippen molar-refractivity contribution in [3.8, 4) is 11.5 Å². The lowest BCUT2D eigenvalue weighted by Crippen LogP contribution is -2.06. The standard InChI is InChI=1S/C14H13ClFNO/c1-9(17)11-4-2-3-5-14(11)18-10-6-7-12(15)13(16)8-10/h2-9H,17H2,1H3/t9-/m0/s1. The minimum absolute atomic E-state index is 0.0721. The van der Waals surface area contributed by atoms with Crippen LogP contribution >= 0.6 is 11.6 Å². The molecule has 0 aliphatic carbocycles. The topological polar surface area (TPSA) is 35.2 Å². The van der Waals surface area contributed by atoms with Gasteiger partial charge in [0.1, 0.15) is 17.3 Å². The van der Waals surface area contributed by atoms with Crippen molar-refractivity contribution in [2.24, 2.45) is 5.73 Å². The second-order valence-corrected chi connectivity index (χ2v) is 4.41. The molecular weight excluding hydrogens is 253 g/mol. The molecule has 0 aliphatic rings. The van der Waals surface area contributed by atoms with Gasteiger partial charge in [-0.05, 0) is 25.1 Å². The van der Waals surface area contributed by atoms with Gasteiger partial charge in [0, 0.05) is 17.7 Å². The van der Waals surface area contributed by atoms with Crippen molar-refractivity contribution in [3.63, 3.8) is 0 Å². The SMILES string of the molecule is C[C@H](N)c1ccccc1Oc1ccc(Cl)c(F)c1. The first-order valence-corrected chi connectivity index (χ1v) is 5.93. The third-order valence-electron chi connectivity index (χ3n) is 2.53. The van der Waals surface area contributed by atoms with Gasteiger partial charge < -0.3 is 10.5 Å². The molecule has 2 aromatic rings. The summed E-state index contributed by atoms with van der Waals surface area (Å²) >= 11 is 5.61. The molecule has 2 nitrogen and oxygen atoms in total. The molecule has 0 radical (unpaired) electrons. The third-order valence-corrected chi connectivity index (χ3v) is 2.83. The van der Waals surface area contributed by atoms with Gasteiger partial charge in [-0.15, -0.1) is 0 Å². The highest BCUT2D eigenvalue weighted by Crippen LogP contribution is 2.30. The minimum atomic E-state index is -0.507. The van der Waals surface area contributed by atoms with E-state index in [1.165, 1.54) is 12.1 Å². The van der Waals surface area contributed by atoms with Crippen LogP contribution in [0.5, 0.6) is 11.5 Å². The minimum Gasteiger partial charge on any atom is -0.457 e. The number of hydrogen-bond acceptors (Lipinski definition) is 2. The highest BCUT2D eigenvalue weighted by Gasteiger charge is 2.09. The molecule has 1 atom stereocenters. The molecule has 0 amide bonds. The van der Waals surface area contributed by atoms with Gasteiger partial charge in [0.05, 0.1) is 5.02 Å². The maximum Gasteiger partial charge on any atom is 0.145 e. The van der Waals surface area contributed by atoms with E-state index in [-0.39, 0.29) is 11.1 Å². The second-order valence-electron chi connectivity index (χ2n) is 4.00. The van der Waals surface area contributed by atoms with Gasteiger partial charge in [0.15, 0.2) is 0 Å². The predicted octanol–water partition coefficient (Wildman–Crippen LogP) is 4.29. The highest BCUT2D eigenvalue weighted by molar-refractivity contribution is 6.30. The van der Waals surface area contributed by atoms with E-state index in [1.807, 2.05) is 25.1 Å². The Balaban J connectivity index is 2.31. The number of hydrogen-bond donors (Lipinski definition) is 1. The normalized spacial score (nSPS) is 12.2. The van der Waals surface area contributed by atoms with Crippen molar-refractivity contribution < 1.29 is 9.13 Å². The Kier molecular flexibility index (Phi) is 3.84. The Morgan fingerprint density at radius 3 is 2.61 bits per heavy atom. The zero-order valence-electron chi connectivity index (χ0n) is 9.86. The second kappa shape index (κ2) is 5.38. The van der Waals surface area contributed by atoms with Crippen molar-refractivity contribution in [2.45, 2.75) is 13.0 Å². The molecule has 0 saturated carbocycles. The summed E-state index contributed by atoms with van der Waals surface area (Å²) in [7, 11) is 0.